The second kappa shape index (κ2) is 10.3. The van der Waals surface area contributed by atoms with Crippen molar-refractivity contribution < 1.29 is 39.3 Å². The molecule has 0 aliphatic carbocycles. The number of para-hydroxylation sites is 1. The monoisotopic (exact) mass is 459 g/mol. The highest BCUT2D eigenvalue weighted by Crippen LogP contribution is 2.22. The molecule has 1 aromatic carbocycles. The lowest BCUT2D eigenvalue weighted by Gasteiger charge is -2.29. The Labute approximate surface area is 188 Å². The van der Waals surface area contributed by atoms with Crippen molar-refractivity contribution in [3.63, 3.8) is 0 Å². The number of rotatable bonds is 11. The van der Waals surface area contributed by atoms with Crippen LogP contribution in [0.1, 0.15) is 42.5 Å². The second-order valence-corrected chi connectivity index (χ2v) is 7.95. The number of carbonyl (C=O) groups excluding carboxylic acids is 2. The molecule has 1 fully saturated rings. The molecule has 11 heteroatoms. The number of nitrogens with one attached hydrogen (secondary N) is 2. The van der Waals surface area contributed by atoms with Gasteiger partial charge in [-0.2, -0.15) is 0 Å². The van der Waals surface area contributed by atoms with Gasteiger partial charge in [-0.1, -0.05) is 18.2 Å². The number of carboxylic acids is 3. The minimum atomic E-state index is -1.47. The van der Waals surface area contributed by atoms with Crippen LogP contribution in [0.15, 0.2) is 30.5 Å². The molecule has 1 aliphatic rings. The number of benzene rings is 1. The highest BCUT2D eigenvalue weighted by molar-refractivity contribution is 6.09. The maximum Gasteiger partial charge on any atom is 0.326 e. The lowest BCUT2D eigenvalue weighted by atomic mass is 10.0. The van der Waals surface area contributed by atoms with E-state index < -0.39 is 60.6 Å². The number of ketones is 1. The molecule has 2 heterocycles. The summed E-state index contributed by atoms with van der Waals surface area (Å²) in [5.74, 6) is -4.91. The summed E-state index contributed by atoms with van der Waals surface area (Å²) >= 11 is 0. The first-order valence-electron chi connectivity index (χ1n) is 10.5. The number of nitrogens with zero attached hydrogens (tertiary/aromatic N) is 1. The topological polar surface area (TPSA) is 177 Å². The Balaban J connectivity index is 1.79. The molecule has 1 saturated heterocycles. The van der Waals surface area contributed by atoms with Crippen LogP contribution in [0.3, 0.4) is 0 Å². The number of aromatic nitrogens is 1. The van der Waals surface area contributed by atoms with Gasteiger partial charge in [-0.15, -0.1) is 0 Å². The van der Waals surface area contributed by atoms with Gasteiger partial charge < -0.3 is 25.2 Å². The van der Waals surface area contributed by atoms with Crippen molar-refractivity contribution in [1.29, 1.82) is 0 Å². The number of likely N-dealkylation sites (tertiary alicyclic amines) is 1. The molecule has 5 N–H and O–H groups in total. The molecule has 1 amide bonds. The van der Waals surface area contributed by atoms with Crippen LogP contribution in [-0.2, 0) is 19.2 Å². The van der Waals surface area contributed by atoms with E-state index >= 15 is 0 Å². The van der Waals surface area contributed by atoms with Crippen molar-refractivity contribution in [2.75, 3.05) is 6.54 Å². The van der Waals surface area contributed by atoms with Gasteiger partial charge in [0.25, 0.3) is 0 Å². The number of carbonyl (C=O) groups is 5. The Bertz CT molecular complexity index is 1080. The highest BCUT2D eigenvalue weighted by Gasteiger charge is 2.38. The van der Waals surface area contributed by atoms with E-state index in [1.807, 2.05) is 0 Å². The fourth-order valence-corrected chi connectivity index (χ4v) is 4.09. The molecule has 33 heavy (non-hydrogen) atoms. The molecule has 1 unspecified atom stereocenters. The second-order valence-electron chi connectivity index (χ2n) is 7.95. The van der Waals surface area contributed by atoms with Crippen LogP contribution >= 0.6 is 0 Å². The maximum atomic E-state index is 13.0. The van der Waals surface area contributed by atoms with Gasteiger partial charge in [-0.25, -0.2) is 4.79 Å². The molecule has 0 saturated carbocycles. The Kier molecular flexibility index (Phi) is 7.44. The van der Waals surface area contributed by atoms with Crippen LogP contribution in [0.2, 0.25) is 0 Å². The van der Waals surface area contributed by atoms with E-state index in [-0.39, 0.29) is 19.4 Å². The van der Waals surface area contributed by atoms with Gasteiger partial charge in [0.2, 0.25) is 5.91 Å². The predicted molar refractivity (Wildman–Crippen MR) is 115 cm³/mol. The lowest BCUT2D eigenvalue weighted by molar-refractivity contribution is -0.150. The number of aliphatic carboxylic acids is 3. The molecular formula is C22H25N3O8. The van der Waals surface area contributed by atoms with Crippen molar-refractivity contribution in [3.8, 4) is 0 Å². The van der Waals surface area contributed by atoms with E-state index in [0.29, 0.717) is 22.9 Å². The molecule has 11 nitrogen and oxygen atoms in total. The van der Waals surface area contributed by atoms with Crippen LogP contribution in [0.5, 0.6) is 0 Å². The largest absolute Gasteiger partial charge is 0.481 e. The maximum absolute atomic E-state index is 13.0. The lowest BCUT2D eigenvalue weighted by Crippen LogP contribution is -2.54. The van der Waals surface area contributed by atoms with Gasteiger partial charge in [0, 0.05) is 42.0 Å². The van der Waals surface area contributed by atoms with Crippen molar-refractivity contribution in [2.45, 2.75) is 50.2 Å². The first-order chi connectivity index (χ1) is 15.7. The summed E-state index contributed by atoms with van der Waals surface area (Å²) < 4.78 is 0. The number of hydrogen-bond acceptors (Lipinski definition) is 6. The Hall–Kier alpha value is -3.73. The normalized spacial score (nSPS) is 17.6. The SMILES string of the molecule is O=C(O)CC[C@H](NC(CC(=O)c1c[nH]c2ccccc12)C(=O)O)C(=O)N1CCC[C@H]1C(=O)O. The van der Waals surface area contributed by atoms with Crippen molar-refractivity contribution in [1.82, 2.24) is 15.2 Å². The number of aromatic amines is 1. The highest BCUT2D eigenvalue weighted by atomic mass is 16.4. The number of fused-ring (bicyclic) bond motifs is 1. The average molecular weight is 459 g/mol. The molecule has 3 rings (SSSR count). The molecule has 1 aromatic heterocycles. The number of Topliss-reactive ketones (excluding diaryl/α,β-unsaturated/α-hetero) is 1. The molecule has 0 radical (unpaired) electrons. The molecule has 0 bridgehead atoms. The fourth-order valence-electron chi connectivity index (χ4n) is 4.09. The third kappa shape index (κ3) is 5.55. The smallest absolute Gasteiger partial charge is 0.326 e. The molecule has 1 aliphatic heterocycles. The average Bonchev–Trinajstić information content (AvgIpc) is 3.42. The first-order valence-corrected chi connectivity index (χ1v) is 10.5. The Morgan fingerprint density at radius 3 is 2.48 bits per heavy atom. The van der Waals surface area contributed by atoms with Gasteiger partial charge in [0.15, 0.2) is 5.78 Å². The summed E-state index contributed by atoms with van der Waals surface area (Å²) in [6.07, 6.45) is 1.06. The molecule has 3 atom stereocenters. The van der Waals surface area contributed by atoms with E-state index in [1.54, 1.807) is 24.3 Å². The zero-order chi connectivity index (χ0) is 24.1. The van der Waals surface area contributed by atoms with Gasteiger partial charge in [-0.05, 0) is 25.3 Å². The minimum absolute atomic E-state index is 0.174. The standard InChI is InChI=1S/C22H25N3O8/c26-18(13-11-23-14-5-2-1-4-12(13)14)10-16(21(30)31)24-15(7-8-19(27)28)20(29)25-9-3-6-17(25)22(32)33/h1-2,4-5,11,15-17,23-24H,3,6-10H2,(H,27,28)(H,30,31)(H,32,33)/t15-,16?,17-/m0/s1. The van der Waals surface area contributed by atoms with Crippen molar-refractivity contribution in [3.05, 3.63) is 36.0 Å². The van der Waals surface area contributed by atoms with E-state index in [9.17, 15) is 34.2 Å². The predicted octanol–water partition coefficient (Wildman–Crippen LogP) is 1.09. The summed E-state index contributed by atoms with van der Waals surface area (Å²) in [7, 11) is 0. The van der Waals surface area contributed by atoms with E-state index in [2.05, 4.69) is 10.3 Å². The van der Waals surface area contributed by atoms with Crippen LogP contribution in [0, 0.1) is 0 Å². The van der Waals surface area contributed by atoms with E-state index in [0.717, 1.165) is 4.90 Å². The minimum Gasteiger partial charge on any atom is -0.481 e. The number of amides is 1. The quantitative estimate of drug-likeness (QED) is 0.308. The Morgan fingerprint density at radius 1 is 1.09 bits per heavy atom. The third-order valence-electron chi connectivity index (χ3n) is 5.75. The third-order valence-corrected chi connectivity index (χ3v) is 5.75. The number of carboxylic acid groups (broad SMARTS) is 3. The van der Waals surface area contributed by atoms with Crippen LogP contribution < -0.4 is 5.32 Å². The van der Waals surface area contributed by atoms with Crippen LogP contribution in [-0.4, -0.2) is 79.5 Å². The van der Waals surface area contributed by atoms with Gasteiger partial charge >= 0.3 is 17.9 Å². The number of hydrogen-bond donors (Lipinski definition) is 5. The fraction of sp³-hybridized carbons (Fsp3) is 0.409. The van der Waals surface area contributed by atoms with Gasteiger partial charge in [-0.3, -0.25) is 24.5 Å². The summed E-state index contributed by atoms with van der Waals surface area (Å²) in [4.78, 5) is 64.4. The first kappa shape index (κ1) is 23.9. The van der Waals surface area contributed by atoms with Crippen molar-refractivity contribution in [2.24, 2.45) is 0 Å². The molecular weight excluding hydrogens is 434 g/mol. The van der Waals surface area contributed by atoms with Gasteiger partial charge in [0.1, 0.15) is 12.1 Å². The summed E-state index contributed by atoms with van der Waals surface area (Å²) in [6.45, 7) is 0.174. The number of H-pyrrole nitrogens is 1. The summed E-state index contributed by atoms with van der Waals surface area (Å²) in [6, 6.07) is 3.24. The zero-order valence-corrected chi connectivity index (χ0v) is 17.7. The van der Waals surface area contributed by atoms with Crippen molar-refractivity contribution >= 4 is 40.5 Å². The van der Waals surface area contributed by atoms with Crippen LogP contribution in [0.4, 0.5) is 0 Å². The summed E-state index contributed by atoms with van der Waals surface area (Å²) in [5.41, 5.74) is 1.02. The Morgan fingerprint density at radius 2 is 1.82 bits per heavy atom. The molecule has 176 valence electrons. The zero-order valence-electron chi connectivity index (χ0n) is 17.7. The van der Waals surface area contributed by atoms with Gasteiger partial charge in [0.05, 0.1) is 6.04 Å². The van der Waals surface area contributed by atoms with E-state index in [4.69, 9.17) is 5.11 Å². The molecule has 2 aromatic rings. The van der Waals surface area contributed by atoms with Crippen LogP contribution in [0.25, 0.3) is 10.9 Å². The molecule has 0 spiro atoms. The van der Waals surface area contributed by atoms with E-state index in [1.165, 1.54) is 6.20 Å². The summed E-state index contributed by atoms with van der Waals surface area (Å²) in [5, 5.41) is 31.3.